The lowest BCUT2D eigenvalue weighted by atomic mass is 10.1. The second-order valence-corrected chi connectivity index (χ2v) is 5.19. The minimum Gasteiger partial charge on any atom is -0.397 e. The maximum Gasteiger partial charge on any atom is 0.169 e. The summed E-state index contributed by atoms with van der Waals surface area (Å²) in [6, 6.07) is 1.48. The number of nitrogen functional groups attached to an aromatic ring is 2. The summed E-state index contributed by atoms with van der Waals surface area (Å²) >= 11 is 5.84. The first-order valence-corrected chi connectivity index (χ1v) is 6.92. The molecule has 5 nitrogen and oxygen atoms in total. The van der Waals surface area contributed by atoms with Crippen LogP contribution in [0.25, 0.3) is 0 Å². The molecule has 20 heavy (non-hydrogen) atoms. The Morgan fingerprint density at radius 2 is 2.00 bits per heavy atom. The van der Waals surface area contributed by atoms with E-state index in [1.165, 1.54) is 6.07 Å². The molecule has 0 spiro atoms. The van der Waals surface area contributed by atoms with Gasteiger partial charge in [-0.1, -0.05) is 11.6 Å². The van der Waals surface area contributed by atoms with Crippen LogP contribution in [0.4, 0.5) is 21.5 Å². The van der Waals surface area contributed by atoms with Gasteiger partial charge in [-0.05, 0) is 18.9 Å². The van der Waals surface area contributed by atoms with E-state index in [2.05, 4.69) is 0 Å². The number of aliphatic hydroxyl groups is 1. The maximum atomic E-state index is 14.2. The topological polar surface area (TPSA) is 84.7 Å². The first-order chi connectivity index (χ1) is 9.54. The monoisotopic (exact) mass is 303 g/mol. The number of aliphatic hydroxyl groups excluding tert-OH is 1. The summed E-state index contributed by atoms with van der Waals surface area (Å²) in [5, 5.41) is 8.64. The quantitative estimate of drug-likeness (QED) is 0.736. The number of benzene rings is 1. The van der Waals surface area contributed by atoms with Crippen molar-refractivity contribution in [3.63, 3.8) is 0 Å². The molecule has 1 saturated heterocycles. The summed E-state index contributed by atoms with van der Waals surface area (Å²) in [5.41, 5.74) is 12.2. The number of hydrogen-bond acceptors (Lipinski definition) is 5. The molecule has 1 aliphatic heterocycles. The molecule has 7 heteroatoms. The van der Waals surface area contributed by atoms with Crippen molar-refractivity contribution in [2.24, 2.45) is 0 Å². The fourth-order valence-electron chi connectivity index (χ4n) is 2.44. The molecule has 0 saturated carbocycles. The van der Waals surface area contributed by atoms with Crippen LogP contribution in [0.2, 0.25) is 5.02 Å². The molecule has 0 bridgehead atoms. The normalized spacial score (nSPS) is 16.6. The van der Waals surface area contributed by atoms with Crippen molar-refractivity contribution in [3.05, 3.63) is 16.9 Å². The Hall–Kier alpha value is -1.24. The molecule has 1 fully saturated rings. The standard InChI is InChI=1S/C13H19ClFN3O2/c14-11-9(16)7-10(17)13(12(11)15)18-3-1-8(2-4-18)20-6-5-19/h7-8,19H,1-6,16-17H2. The molecule has 0 aliphatic carbocycles. The summed E-state index contributed by atoms with van der Waals surface area (Å²) in [7, 11) is 0. The van der Waals surface area contributed by atoms with Crippen molar-refractivity contribution >= 4 is 28.7 Å². The van der Waals surface area contributed by atoms with Gasteiger partial charge in [-0.25, -0.2) is 4.39 Å². The van der Waals surface area contributed by atoms with Gasteiger partial charge < -0.3 is 26.2 Å². The molecule has 2 rings (SSSR count). The number of nitrogens with two attached hydrogens (primary N) is 2. The summed E-state index contributed by atoms with van der Waals surface area (Å²) in [5.74, 6) is -0.570. The Morgan fingerprint density at radius 1 is 1.35 bits per heavy atom. The van der Waals surface area contributed by atoms with Gasteiger partial charge in [0.25, 0.3) is 0 Å². The van der Waals surface area contributed by atoms with Crippen molar-refractivity contribution in [1.82, 2.24) is 0 Å². The Kier molecular flexibility index (Phi) is 4.91. The van der Waals surface area contributed by atoms with Gasteiger partial charge >= 0.3 is 0 Å². The van der Waals surface area contributed by atoms with Crippen molar-refractivity contribution in [1.29, 1.82) is 0 Å². The van der Waals surface area contributed by atoms with E-state index in [-0.39, 0.29) is 23.4 Å². The molecule has 112 valence electrons. The van der Waals surface area contributed by atoms with Gasteiger partial charge in [0, 0.05) is 13.1 Å². The van der Waals surface area contributed by atoms with Gasteiger partial charge in [0.1, 0.15) is 5.02 Å². The second-order valence-electron chi connectivity index (χ2n) is 4.81. The Balaban J connectivity index is 2.09. The zero-order valence-electron chi connectivity index (χ0n) is 11.1. The van der Waals surface area contributed by atoms with Crippen LogP contribution in [0.15, 0.2) is 6.07 Å². The third kappa shape index (κ3) is 3.08. The summed E-state index contributed by atoms with van der Waals surface area (Å²) in [4.78, 5) is 1.86. The van der Waals surface area contributed by atoms with E-state index >= 15 is 0 Å². The van der Waals surface area contributed by atoms with Crippen LogP contribution in [0.5, 0.6) is 0 Å². The van der Waals surface area contributed by atoms with Gasteiger partial charge in [0.05, 0.1) is 36.4 Å². The molecule has 0 radical (unpaired) electrons. The molecular formula is C13H19ClFN3O2. The molecular weight excluding hydrogens is 285 g/mol. The SMILES string of the molecule is Nc1cc(N)c(N2CCC(OCCO)CC2)c(F)c1Cl. The van der Waals surface area contributed by atoms with Crippen LogP contribution in [0.1, 0.15) is 12.8 Å². The zero-order valence-corrected chi connectivity index (χ0v) is 11.9. The molecule has 0 atom stereocenters. The van der Waals surface area contributed by atoms with Crippen LogP contribution in [-0.2, 0) is 4.74 Å². The number of halogens is 2. The van der Waals surface area contributed by atoms with Crippen LogP contribution in [-0.4, -0.2) is 37.5 Å². The number of rotatable bonds is 4. The molecule has 5 N–H and O–H groups in total. The summed E-state index contributed by atoms with van der Waals surface area (Å²) in [6.45, 7) is 1.58. The number of hydrogen-bond donors (Lipinski definition) is 3. The lowest BCUT2D eigenvalue weighted by Crippen LogP contribution is -2.38. The highest BCUT2D eigenvalue weighted by Gasteiger charge is 2.25. The largest absolute Gasteiger partial charge is 0.397 e. The fourth-order valence-corrected chi connectivity index (χ4v) is 2.59. The van der Waals surface area contributed by atoms with E-state index in [0.29, 0.717) is 31.1 Å². The first kappa shape index (κ1) is 15.2. The molecule has 1 heterocycles. The molecule has 1 aliphatic rings. The maximum absolute atomic E-state index is 14.2. The third-order valence-corrected chi connectivity index (χ3v) is 3.83. The average molecular weight is 304 g/mol. The van der Waals surface area contributed by atoms with Crippen LogP contribution < -0.4 is 16.4 Å². The minimum absolute atomic E-state index is 0.00929. The minimum atomic E-state index is -0.570. The van der Waals surface area contributed by atoms with Crippen LogP contribution in [0.3, 0.4) is 0 Å². The number of piperidine rings is 1. The Bertz CT molecular complexity index is 479. The van der Waals surface area contributed by atoms with Gasteiger partial charge in [-0.3, -0.25) is 0 Å². The number of ether oxygens (including phenoxy) is 1. The zero-order chi connectivity index (χ0) is 14.7. The average Bonchev–Trinajstić information content (AvgIpc) is 2.44. The van der Waals surface area contributed by atoms with E-state index in [1.54, 1.807) is 0 Å². The highest BCUT2D eigenvalue weighted by atomic mass is 35.5. The number of anilines is 3. The predicted octanol–water partition coefficient (Wildman–Crippen LogP) is 1.62. The number of nitrogens with zero attached hydrogens (tertiary/aromatic N) is 1. The Labute approximate surface area is 122 Å². The van der Waals surface area contributed by atoms with Gasteiger partial charge in [-0.15, -0.1) is 0 Å². The fraction of sp³-hybridized carbons (Fsp3) is 0.538. The second kappa shape index (κ2) is 6.47. The lowest BCUT2D eigenvalue weighted by molar-refractivity contribution is 0.0158. The lowest BCUT2D eigenvalue weighted by Gasteiger charge is -2.34. The highest BCUT2D eigenvalue weighted by Crippen LogP contribution is 2.37. The summed E-state index contributed by atoms with van der Waals surface area (Å²) in [6.07, 6.45) is 1.59. The molecule has 1 aromatic rings. The van der Waals surface area contributed by atoms with Crippen molar-refractivity contribution in [2.75, 3.05) is 42.7 Å². The van der Waals surface area contributed by atoms with Crippen molar-refractivity contribution in [2.45, 2.75) is 18.9 Å². The van der Waals surface area contributed by atoms with E-state index in [0.717, 1.165) is 12.8 Å². The van der Waals surface area contributed by atoms with Crippen LogP contribution in [0, 0.1) is 5.82 Å². The van der Waals surface area contributed by atoms with E-state index in [9.17, 15) is 4.39 Å². The van der Waals surface area contributed by atoms with E-state index in [1.807, 2.05) is 4.90 Å². The molecule has 0 unspecified atom stereocenters. The highest BCUT2D eigenvalue weighted by molar-refractivity contribution is 6.33. The van der Waals surface area contributed by atoms with Crippen molar-refractivity contribution < 1.29 is 14.2 Å². The van der Waals surface area contributed by atoms with Crippen LogP contribution >= 0.6 is 11.6 Å². The molecule has 0 aromatic heterocycles. The molecule has 0 amide bonds. The van der Waals surface area contributed by atoms with Crippen molar-refractivity contribution in [3.8, 4) is 0 Å². The summed E-state index contributed by atoms with van der Waals surface area (Å²) < 4.78 is 19.7. The molecule has 1 aromatic carbocycles. The van der Waals surface area contributed by atoms with E-state index < -0.39 is 5.82 Å². The first-order valence-electron chi connectivity index (χ1n) is 6.55. The van der Waals surface area contributed by atoms with E-state index in [4.69, 9.17) is 32.9 Å². The van der Waals surface area contributed by atoms with Gasteiger partial charge in [0.15, 0.2) is 5.82 Å². The Morgan fingerprint density at radius 3 is 2.60 bits per heavy atom. The predicted molar refractivity (Wildman–Crippen MR) is 78.5 cm³/mol. The van der Waals surface area contributed by atoms with Gasteiger partial charge in [0.2, 0.25) is 0 Å². The third-order valence-electron chi connectivity index (χ3n) is 3.44. The van der Waals surface area contributed by atoms with Gasteiger partial charge in [-0.2, -0.15) is 0 Å². The smallest absolute Gasteiger partial charge is 0.169 e.